The molecule has 0 aromatic heterocycles. The number of methoxy groups -OCH3 is 1. The SMILES string of the molecule is CNC(=O)CCCC(=O)NC(C(=O)N[C@@H](C)C(=O)NCCNC(=O)OCc1ccc(C(C)C(C)C(C)[C@@H]2C/C=C/C(=O)N[C@H](Cc3ccc(OC)c(Cl)c3)C(=O)N[C@@H](C)C(C)(C)C(=O)N[C@@H](CC(C)(C)C)C(=O)O2)cc1)C(C)C. The number of hydrogen-bond acceptors (Lipinski definition) is 12. The van der Waals surface area contributed by atoms with Crippen LogP contribution in [0.25, 0.3) is 0 Å². The quantitative estimate of drug-likeness (QED) is 0.0523. The van der Waals surface area contributed by atoms with Gasteiger partial charge in [-0.05, 0) is 105 Å². The predicted octanol–water partition coefficient (Wildman–Crippen LogP) is 5.68. The lowest BCUT2D eigenvalue weighted by Crippen LogP contribution is -2.58. The smallest absolute Gasteiger partial charge is 0.407 e. The zero-order valence-electron chi connectivity index (χ0n) is 48.6. The van der Waals surface area contributed by atoms with Crippen molar-refractivity contribution in [2.75, 3.05) is 27.2 Å². The Kier molecular flexibility index (Phi) is 26.3. The number of nitrogens with one attached hydrogen (secondary N) is 8. The summed E-state index contributed by atoms with van der Waals surface area (Å²) in [7, 11) is 3.01. The molecule has 8 amide bonds. The molecular weight excluding hydrogens is 1040 g/mol. The lowest BCUT2D eigenvalue weighted by molar-refractivity contribution is -0.158. The predicted molar refractivity (Wildman–Crippen MR) is 301 cm³/mol. The molecule has 3 rings (SSSR count). The molecule has 0 saturated heterocycles. The molecule has 21 heteroatoms. The van der Waals surface area contributed by atoms with Gasteiger partial charge in [-0.2, -0.15) is 0 Å². The van der Waals surface area contributed by atoms with E-state index in [-0.39, 0.29) is 87.3 Å². The fourth-order valence-electron chi connectivity index (χ4n) is 8.66. The molecule has 0 aliphatic carbocycles. The first-order valence-corrected chi connectivity index (χ1v) is 27.5. The van der Waals surface area contributed by atoms with Crippen molar-refractivity contribution in [3.63, 3.8) is 0 Å². The van der Waals surface area contributed by atoms with Crippen LogP contribution < -0.4 is 47.3 Å². The van der Waals surface area contributed by atoms with E-state index in [0.717, 1.165) is 11.1 Å². The summed E-state index contributed by atoms with van der Waals surface area (Å²) < 4.78 is 17.1. The van der Waals surface area contributed by atoms with E-state index in [2.05, 4.69) is 56.4 Å². The summed E-state index contributed by atoms with van der Waals surface area (Å²) in [6, 6.07) is 8.03. The summed E-state index contributed by atoms with van der Waals surface area (Å²) in [5, 5.41) is 22.1. The topological polar surface area (TPSA) is 278 Å². The first-order chi connectivity index (χ1) is 37.0. The van der Waals surface area contributed by atoms with Crippen LogP contribution in [0.1, 0.15) is 138 Å². The summed E-state index contributed by atoms with van der Waals surface area (Å²) in [5.41, 5.74) is 0.746. The van der Waals surface area contributed by atoms with Gasteiger partial charge in [0.15, 0.2) is 0 Å². The van der Waals surface area contributed by atoms with Crippen molar-refractivity contribution in [1.29, 1.82) is 0 Å². The van der Waals surface area contributed by atoms with Crippen LogP contribution in [0.5, 0.6) is 5.75 Å². The highest BCUT2D eigenvalue weighted by molar-refractivity contribution is 6.32. The Morgan fingerprint density at radius 1 is 0.823 bits per heavy atom. The minimum atomic E-state index is -1.21. The van der Waals surface area contributed by atoms with Crippen molar-refractivity contribution >= 4 is 65.0 Å². The molecular formula is C58H87ClN8O12. The maximum atomic E-state index is 14.3. The largest absolute Gasteiger partial charge is 0.495 e. The summed E-state index contributed by atoms with van der Waals surface area (Å²) in [4.78, 5) is 118. The molecule has 4 unspecified atom stereocenters. The molecule has 1 aliphatic rings. The third-order valence-corrected chi connectivity index (χ3v) is 14.8. The zero-order valence-corrected chi connectivity index (χ0v) is 49.4. The molecule has 0 saturated carbocycles. The summed E-state index contributed by atoms with van der Waals surface area (Å²) in [6.45, 7) is 22.1. The Morgan fingerprint density at radius 3 is 2.06 bits per heavy atom. The van der Waals surface area contributed by atoms with Gasteiger partial charge >= 0.3 is 12.1 Å². The van der Waals surface area contributed by atoms with E-state index in [9.17, 15) is 43.2 Å². The average Bonchev–Trinajstić information content (AvgIpc) is 3.38. The van der Waals surface area contributed by atoms with Crippen LogP contribution in [-0.4, -0.2) is 117 Å². The van der Waals surface area contributed by atoms with Gasteiger partial charge in [-0.3, -0.25) is 33.6 Å². The molecule has 20 nitrogen and oxygen atoms in total. The van der Waals surface area contributed by atoms with E-state index in [1.807, 2.05) is 52.0 Å². The number of esters is 1. The third-order valence-electron chi connectivity index (χ3n) is 14.5. The Hall–Kier alpha value is -6.70. The Morgan fingerprint density at radius 2 is 1.46 bits per heavy atom. The molecule has 1 aliphatic heterocycles. The van der Waals surface area contributed by atoms with Gasteiger partial charge in [-0.25, -0.2) is 9.59 Å². The van der Waals surface area contributed by atoms with Gasteiger partial charge in [-0.1, -0.05) is 103 Å². The van der Waals surface area contributed by atoms with Gasteiger partial charge in [0.05, 0.1) is 17.5 Å². The number of carbonyl (C=O) groups is 9. The van der Waals surface area contributed by atoms with Gasteiger partial charge in [0.2, 0.25) is 41.4 Å². The molecule has 0 fully saturated rings. The highest BCUT2D eigenvalue weighted by Gasteiger charge is 2.41. The normalized spacial score (nSPS) is 20.5. The second-order valence-electron chi connectivity index (χ2n) is 22.7. The minimum absolute atomic E-state index is 0.0366. The van der Waals surface area contributed by atoms with Crippen molar-refractivity contribution < 1.29 is 57.4 Å². The second-order valence-corrected chi connectivity index (χ2v) is 23.1. The standard InChI is InChI=1S/C58H87ClN8O12/c1-33(2)50(67-49(70)20-16-18-47(68)60-13)53(73)63-37(6)51(71)61-27-28-62-56(76)78-32-39-21-24-41(25-22-39)35(4)34(3)36(5)45-17-15-19-48(69)65-43(30-40-23-26-46(77-14)42(59)29-40)52(72)64-38(7)58(11,12)55(75)66-44(54(74)79-45)31-57(8,9)10/h15,19,21-26,29,33-38,43-45,50H,16-18,20,27-28,30-32H2,1-14H3,(H,60,68)(H,61,71)(H,62,76)(H,63,73)(H,64,72)(H,65,69)(H,66,75)(H,67,70)/b19-15+/t34?,35?,36?,37-,38-,43+,44-,45-,50?/m0/s1. The zero-order chi connectivity index (χ0) is 59.4. The lowest BCUT2D eigenvalue weighted by Gasteiger charge is -2.36. The fraction of sp³-hybridized carbons (Fsp3) is 0.603. The number of ether oxygens (including phenoxy) is 3. The molecule has 0 spiro atoms. The number of carbonyl (C=O) groups excluding carboxylic acids is 9. The summed E-state index contributed by atoms with van der Waals surface area (Å²) >= 11 is 6.42. The third kappa shape index (κ3) is 21.8. The van der Waals surface area contributed by atoms with Crippen LogP contribution in [0.4, 0.5) is 4.79 Å². The number of alkyl carbamates (subject to hydrolysis) is 1. The summed E-state index contributed by atoms with van der Waals surface area (Å²) in [5.74, 6) is -3.99. The van der Waals surface area contributed by atoms with Crippen molar-refractivity contribution in [2.24, 2.45) is 28.6 Å². The highest BCUT2D eigenvalue weighted by Crippen LogP contribution is 2.35. The van der Waals surface area contributed by atoms with Crippen LogP contribution in [0.15, 0.2) is 54.6 Å². The lowest BCUT2D eigenvalue weighted by atomic mass is 9.77. The molecule has 79 heavy (non-hydrogen) atoms. The first kappa shape index (κ1) is 66.6. The van der Waals surface area contributed by atoms with Crippen molar-refractivity contribution in [2.45, 2.75) is 170 Å². The van der Waals surface area contributed by atoms with Gasteiger partial charge < -0.3 is 56.7 Å². The number of amides is 8. The number of halogens is 1. The van der Waals surface area contributed by atoms with Crippen molar-refractivity contribution in [3.05, 3.63) is 76.3 Å². The minimum Gasteiger partial charge on any atom is -0.495 e. The van der Waals surface area contributed by atoms with E-state index in [0.29, 0.717) is 22.8 Å². The van der Waals surface area contributed by atoms with E-state index < -0.39 is 88.7 Å². The van der Waals surface area contributed by atoms with E-state index in [4.69, 9.17) is 25.8 Å². The molecule has 1 heterocycles. The highest BCUT2D eigenvalue weighted by atomic mass is 35.5. The molecule has 438 valence electrons. The molecule has 8 N–H and O–H groups in total. The Balaban J connectivity index is 1.67. The molecule has 2 aromatic carbocycles. The van der Waals surface area contributed by atoms with Crippen molar-refractivity contribution in [1.82, 2.24) is 42.5 Å². The molecule has 2 aromatic rings. The second kappa shape index (κ2) is 31.2. The number of benzene rings is 2. The van der Waals surface area contributed by atoms with Crippen LogP contribution in [-0.2, 0) is 60.9 Å². The van der Waals surface area contributed by atoms with Gasteiger partial charge in [0.25, 0.3) is 0 Å². The van der Waals surface area contributed by atoms with Crippen LogP contribution in [0.3, 0.4) is 0 Å². The number of hydrogen-bond donors (Lipinski definition) is 8. The summed E-state index contributed by atoms with van der Waals surface area (Å²) in [6.07, 6.45) is 2.58. The molecule has 0 bridgehead atoms. The van der Waals surface area contributed by atoms with Gasteiger partial charge in [0.1, 0.15) is 42.6 Å². The van der Waals surface area contributed by atoms with Gasteiger partial charge in [0, 0.05) is 51.9 Å². The van der Waals surface area contributed by atoms with Crippen LogP contribution >= 0.6 is 11.6 Å². The maximum absolute atomic E-state index is 14.3. The number of rotatable bonds is 22. The molecule has 0 radical (unpaired) electrons. The Labute approximate surface area is 471 Å². The van der Waals surface area contributed by atoms with Crippen LogP contribution in [0.2, 0.25) is 5.02 Å². The average molecular weight is 1120 g/mol. The number of cyclic esters (lactones) is 1. The van der Waals surface area contributed by atoms with E-state index >= 15 is 0 Å². The Bertz CT molecular complexity index is 2460. The fourth-order valence-corrected chi connectivity index (χ4v) is 8.94. The molecule has 9 atom stereocenters. The first-order valence-electron chi connectivity index (χ1n) is 27.2. The monoisotopic (exact) mass is 1120 g/mol. The van der Waals surface area contributed by atoms with Gasteiger partial charge in [-0.15, -0.1) is 0 Å². The van der Waals surface area contributed by atoms with E-state index in [1.54, 1.807) is 58.9 Å². The van der Waals surface area contributed by atoms with E-state index in [1.165, 1.54) is 27.2 Å². The van der Waals surface area contributed by atoms with Crippen molar-refractivity contribution in [3.8, 4) is 5.75 Å². The van der Waals surface area contributed by atoms with Crippen LogP contribution in [0, 0.1) is 28.6 Å². The maximum Gasteiger partial charge on any atom is 0.407 e.